The van der Waals surface area contributed by atoms with E-state index in [9.17, 15) is 22.8 Å². The second-order valence-electron chi connectivity index (χ2n) is 8.64. The molecule has 0 unspecified atom stereocenters. The van der Waals surface area contributed by atoms with E-state index in [1.165, 1.54) is 24.0 Å². The van der Waals surface area contributed by atoms with Crippen molar-refractivity contribution in [3.05, 3.63) is 63.6 Å². The van der Waals surface area contributed by atoms with Gasteiger partial charge < -0.3 is 10.2 Å². The van der Waals surface area contributed by atoms with E-state index in [4.69, 9.17) is 23.2 Å². The first-order chi connectivity index (χ1) is 16.7. The highest BCUT2D eigenvalue weighted by molar-refractivity contribution is 7.92. The summed E-state index contributed by atoms with van der Waals surface area (Å²) in [6, 6.07) is 9.86. The summed E-state index contributed by atoms with van der Waals surface area (Å²) in [6.07, 6.45) is 1.68. The van der Waals surface area contributed by atoms with Crippen molar-refractivity contribution < 1.29 is 22.8 Å². The van der Waals surface area contributed by atoms with Crippen molar-refractivity contribution in [2.75, 3.05) is 17.1 Å². The summed E-state index contributed by atoms with van der Waals surface area (Å²) in [5.74, 6) is -1.22. The van der Waals surface area contributed by atoms with Crippen LogP contribution < -0.4 is 9.62 Å². The number of carbonyl (C=O) groups excluding carboxylic acids is 3. The number of anilines is 1. The third-order valence-electron chi connectivity index (χ3n) is 5.73. The van der Waals surface area contributed by atoms with Gasteiger partial charge in [0.1, 0.15) is 12.6 Å². The van der Waals surface area contributed by atoms with Gasteiger partial charge in [0.2, 0.25) is 21.8 Å². The lowest BCUT2D eigenvalue weighted by molar-refractivity contribution is -0.139. The Balaban J connectivity index is 2.45. The molecule has 0 saturated carbocycles. The maximum absolute atomic E-state index is 13.6. The van der Waals surface area contributed by atoms with E-state index in [0.29, 0.717) is 22.6 Å². The molecule has 0 aliphatic carbocycles. The van der Waals surface area contributed by atoms with E-state index in [0.717, 1.165) is 10.6 Å². The highest BCUT2D eigenvalue weighted by Crippen LogP contribution is 2.25. The van der Waals surface area contributed by atoms with E-state index in [1.54, 1.807) is 37.3 Å². The van der Waals surface area contributed by atoms with Crippen LogP contribution in [0.3, 0.4) is 0 Å². The van der Waals surface area contributed by atoms with Crippen molar-refractivity contribution >= 4 is 56.5 Å². The number of hydrogen-bond acceptors (Lipinski definition) is 5. The summed E-state index contributed by atoms with van der Waals surface area (Å²) in [5, 5.41) is 3.49. The van der Waals surface area contributed by atoms with Crippen molar-refractivity contribution in [3.8, 4) is 0 Å². The summed E-state index contributed by atoms with van der Waals surface area (Å²) in [5.41, 5.74) is 1.10. The number of nitrogens with zero attached hydrogens (tertiary/aromatic N) is 2. The number of hydrogen-bond donors (Lipinski definition) is 1. The van der Waals surface area contributed by atoms with E-state index < -0.39 is 28.5 Å². The second kappa shape index (κ2) is 12.6. The van der Waals surface area contributed by atoms with Crippen LogP contribution in [0.5, 0.6) is 0 Å². The van der Waals surface area contributed by atoms with Gasteiger partial charge in [0.15, 0.2) is 5.78 Å². The number of nitrogens with one attached hydrogen (secondary N) is 1. The van der Waals surface area contributed by atoms with Crippen LogP contribution >= 0.6 is 23.2 Å². The number of rotatable bonds is 11. The molecule has 36 heavy (non-hydrogen) atoms. The van der Waals surface area contributed by atoms with Crippen LogP contribution in [0, 0.1) is 0 Å². The van der Waals surface area contributed by atoms with Crippen LogP contribution in [-0.2, 0) is 26.2 Å². The van der Waals surface area contributed by atoms with Crippen LogP contribution in [0.1, 0.15) is 50.0 Å². The number of ketones is 1. The van der Waals surface area contributed by atoms with Gasteiger partial charge in [-0.25, -0.2) is 8.42 Å². The lowest BCUT2D eigenvalue weighted by Gasteiger charge is -2.32. The number of amides is 2. The summed E-state index contributed by atoms with van der Waals surface area (Å²) >= 11 is 12.2. The molecule has 0 aliphatic rings. The summed E-state index contributed by atoms with van der Waals surface area (Å²) in [6.45, 7) is 6.15. The predicted octanol–water partition coefficient (Wildman–Crippen LogP) is 4.29. The quantitative estimate of drug-likeness (QED) is 0.416. The maximum atomic E-state index is 13.6. The number of halogens is 2. The molecule has 2 aromatic carbocycles. The maximum Gasteiger partial charge on any atom is 0.244 e. The second-order valence-corrected chi connectivity index (χ2v) is 11.4. The minimum atomic E-state index is -3.91. The predicted molar refractivity (Wildman–Crippen MR) is 143 cm³/mol. The van der Waals surface area contributed by atoms with Gasteiger partial charge in [-0.3, -0.25) is 18.7 Å². The third-order valence-corrected chi connectivity index (χ3v) is 7.60. The van der Waals surface area contributed by atoms with Crippen LogP contribution in [0.4, 0.5) is 5.69 Å². The Morgan fingerprint density at radius 3 is 2.25 bits per heavy atom. The molecular weight excluding hydrogens is 525 g/mol. The number of sulfonamides is 1. The van der Waals surface area contributed by atoms with E-state index in [1.807, 2.05) is 13.8 Å². The van der Waals surface area contributed by atoms with Crippen molar-refractivity contribution in [2.45, 2.75) is 52.7 Å². The Bertz CT molecular complexity index is 1240. The summed E-state index contributed by atoms with van der Waals surface area (Å²) in [7, 11) is -3.91. The highest BCUT2D eigenvalue weighted by Gasteiger charge is 2.30. The topological polar surface area (TPSA) is 104 Å². The van der Waals surface area contributed by atoms with Gasteiger partial charge in [0.05, 0.1) is 22.0 Å². The smallest absolute Gasteiger partial charge is 0.244 e. The Labute approximate surface area is 222 Å². The van der Waals surface area contributed by atoms with E-state index in [-0.39, 0.29) is 35.0 Å². The molecule has 0 aromatic heterocycles. The summed E-state index contributed by atoms with van der Waals surface area (Å²) in [4.78, 5) is 39.6. The zero-order valence-electron chi connectivity index (χ0n) is 20.9. The fourth-order valence-corrected chi connectivity index (χ4v) is 4.54. The molecule has 11 heteroatoms. The van der Waals surface area contributed by atoms with Gasteiger partial charge >= 0.3 is 0 Å². The first-order valence-electron chi connectivity index (χ1n) is 11.4. The van der Waals surface area contributed by atoms with Crippen LogP contribution in [0.15, 0.2) is 42.5 Å². The molecule has 0 spiro atoms. The molecule has 0 fully saturated rings. The van der Waals surface area contributed by atoms with Gasteiger partial charge in [-0.05, 0) is 57.0 Å². The Kier molecular flexibility index (Phi) is 10.3. The average Bonchev–Trinajstić information content (AvgIpc) is 2.81. The van der Waals surface area contributed by atoms with Gasteiger partial charge in [-0.15, -0.1) is 0 Å². The molecule has 2 amide bonds. The van der Waals surface area contributed by atoms with E-state index in [2.05, 4.69) is 5.32 Å². The number of carbonyl (C=O) groups is 3. The zero-order chi connectivity index (χ0) is 27.2. The zero-order valence-corrected chi connectivity index (χ0v) is 23.2. The molecule has 2 rings (SSSR count). The largest absolute Gasteiger partial charge is 0.352 e. The molecule has 196 valence electrons. The Morgan fingerprint density at radius 1 is 1.03 bits per heavy atom. The minimum Gasteiger partial charge on any atom is -0.352 e. The van der Waals surface area contributed by atoms with E-state index >= 15 is 0 Å². The average molecular weight is 557 g/mol. The lowest BCUT2D eigenvalue weighted by Crippen LogP contribution is -2.52. The van der Waals surface area contributed by atoms with Crippen LogP contribution in [0.25, 0.3) is 0 Å². The van der Waals surface area contributed by atoms with Crippen molar-refractivity contribution in [1.29, 1.82) is 0 Å². The minimum absolute atomic E-state index is 0.00407. The first-order valence-corrected chi connectivity index (χ1v) is 14.0. The SMILES string of the molecule is CC[C@H](C)NC(=O)[C@H](C)N(Cc1ccc(Cl)c(Cl)c1)C(=O)CN(c1cccc(C(C)=O)c1)S(C)(=O)=O. The fourth-order valence-electron chi connectivity index (χ4n) is 3.38. The van der Waals surface area contributed by atoms with Crippen LogP contribution in [0.2, 0.25) is 10.0 Å². The molecule has 8 nitrogen and oxygen atoms in total. The Hall–Kier alpha value is -2.62. The normalized spacial score (nSPS) is 13.0. The third kappa shape index (κ3) is 7.94. The van der Waals surface area contributed by atoms with Crippen molar-refractivity contribution in [1.82, 2.24) is 10.2 Å². The standard InChI is InChI=1S/C25H31Cl2N3O5S/c1-6-16(2)28-25(33)17(3)29(14-19-10-11-22(26)23(27)12-19)24(32)15-30(36(5,34)35)21-9-7-8-20(13-21)18(4)31/h7-13,16-17H,6,14-15H2,1-5H3,(H,28,33)/t16-,17-/m0/s1. The van der Waals surface area contributed by atoms with Gasteiger partial charge in [-0.2, -0.15) is 0 Å². The number of benzene rings is 2. The molecular formula is C25H31Cl2N3O5S. The summed E-state index contributed by atoms with van der Waals surface area (Å²) < 4.78 is 26.2. The monoisotopic (exact) mass is 555 g/mol. The molecule has 0 saturated heterocycles. The highest BCUT2D eigenvalue weighted by atomic mass is 35.5. The lowest BCUT2D eigenvalue weighted by atomic mass is 10.1. The molecule has 1 N–H and O–H groups in total. The Morgan fingerprint density at radius 2 is 1.69 bits per heavy atom. The molecule has 0 heterocycles. The van der Waals surface area contributed by atoms with Gasteiger partial charge in [0.25, 0.3) is 0 Å². The first kappa shape index (κ1) is 29.6. The van der Waals surface area contributed by atoms with Crippen molar-refractivity contribution in [3.63, 3.8) is 0 Å². The molecule has 2 atom stereocenters. The van der Waals surface area contributed by atoms with Gasteiger partial charge in [-0.1, -0.05) is 48.3 Å². The molecule has 2 aromatic rings. The number of Topliss-reactive ketones (excluding diaryl/α,β-unsaturated/α-hetero) is 1. The van der Waals surface area contributed by atoms with Gasteiger partial charge in [0, 0.05) is 18.2 Å². The molecule has 0 aliphatic heterocycles. The van der Waals surface area contributed by atoms with Crippen LogP contribution in [-0.4, -0.2) is 55.8 Å². The van der Waals surface area contributed by atoms with Crippen molar-refractivity contribution in [2.24, 2.45) is 0 Å². The molecule has 0 radical (unpaired) electrons. The fraction of sp³-hybridized carbons (Fsp3) is 0.400. The molecule has 0 bridgehead atoms.